The number of carbonyl (C=O) groups excluding carboxylic acids is 2. The first-order valence-electron chi connectivity index (χ1n) is 12.0. The largest absolute Gasteiger partial charge is 0.497 e. The zero-order chi connectivity index (χ0) is 27.4. The summed E-state index contributed by atoms with van der Waals surface area (Å²) in [7, 11) is 3.50. The molecule has 11 heteroatoms. The lowest BCUT2D eigenvalue weighted by Gasteiger charge is -2.19. The molecule has 0 bridgehead atoms. The minimum absolute atomic E-state index is 0.219. The van der Waals surface area contributed by atoms with Crippen molar-refractivity contribution < 1.29 is 23.5 Å². The summed E-state index contributed by atoms with van der Waals surface area (Å²) in [6.45, 7) is 2.73. The second-order valence-corrected chi connectivity index (χ2v) is 12.2. The van der Waals surface area contributed by atoms with Gasteiger partial charge in [0.1, 0.15) is 23.2 Å². The Hall–Kier alpha value is -2.98. The van der Waals surface area contributed by atoms with Crippen molar-refractivity contribution in [2.45, 2.75) is 35.5 Å². The molecule has 1 aliphatic rings. The third-order valence-corrected chi connectivity index (χ3v) is 6.61. The van der Waals surface area contributed by atoms with Gasteiger partial charge in [-0.15, -0.1) is 0 Å². The van der Waals surface area contributed by atoms with Crippen LogP contribution in [0.3, 0.4) is 0 Å². The zero-order valence-corrected chi connectivity index (χ0v) is 24.2. The fourth-order valence-electron chi connectivity index (χ4n) is 4.46. The van der Waals surface area contributed by atoms with E-state index in [-0.39, 0.29) is 35.0 Å². The number of carbonyl (C=O) groups is 2. The van der Waals surface area contributed by atoms with E-state index in [9.17, 15) is 18.8 Å². The number of ether oxygens (including phenoxy) is 2. The molecule has 1 aliphatic heterocycles. The van der Waals surface area contributed by atoms with Gasteiger partial charge in [-0.3, -0.25) is 14.4 Å². The Morgan fingerprint density at radius 2 is 1.79 bits per heavy atom. The van der Waals surface area contributed by atoms with E-state index < -0.39 is 21.5 Å². The van der Waals surface area contributed by atoms with Crippen molar-refractivity contribution in [2.24, 2.45) is 0 Å². The van der Waals surface area contributed by atoms with Gasteiger partial charge < -0.3 is 24.3 Å². The summed E-state index contributed by atoms with van der Waals surface area (Å²) in [6, 6.07) is 15.7. The molecule has 4 atom stereocenters. The van der Waals surface area contributed by atoms with Crippen molar-refractivity contribution in [1.82, 2.24) is 9.88 Å². The normalized spacial score (nSPS) is 18.7. The van der Waals surface area contributed by atoms with Crippen LogP contribution in [0.1, 0.15) is 35.2 Å². The maximum atomic E-state index is 13.7. The van der Waals surface area contributed by atoms with Crippen molar-refractivity contribution >= 4 is 49.3 Å². The summed E-state index contributed by atoms with van der Waals surface area (Å²) in [6.07, 6.45) is 2.47. The quantitative estimate of drug-likeness (QED) is 0.210. The van der Waals surface area contributed by atoms with Crippen molar-refractivity contribution in [3.63, 3.8) is 0 Å². The first-order chi connectivity index (χ1) is 18.1. The monoisotopic (exact) mass is 651 g/mol. The van der Waals surface area contributed by atoms with E-state index in [4.69, 9.17) is 9.47 Å². The molecular weight excluding hydrogens is 623 g/mol. The highest BCUT2D eigenvalue weighted by atomic mass is 127. The number of halogens is 2. The minimum atomic E-state index is -1.97. The molecule has 1 saturated heterocycles. The van der Waals surface area contributed by atoms with Gasteiger partial charge in [0.2, 0.25) is 5.91 Å². The number of benzene rings is 2. The fraction of sp³-hybridized carbons (Fsp3) is 0.296. The molecule has 8 nitrogen and oxygen atoms in total. The van der Waals surface area contributed by atoms with E-state index in [1.807, 2.05) is 28.3 Å². The van der Waals surface area contributed by atoms with Crippen molar-refractivity contribution in [2.75, 3.05) is 18.6 Å². The summed E-state index contributed by atoms with van der Waals surface area (Å²) in [5.41, 5.74) is 1.12. The maximum absolute atomic E-state index is 13.7. The molecule has 4 rings (SSSR count). The van der Waals surface area contributed by atoms with Gasteiger partial charge >= 0.3 is 3.60 Å². The minimum Gasteiger partial charge on any atom is -0.497 e. The highest BCUT2D eigenvalue weighted by Crippen LogP contribution is 2.34. The van der Waals surface area contributed by atoms with Crippen LogP contribution in [0.4, 0.5) is 10.1 Å². The lowest BCUT2D eigenvalue weighted by Crippen LogP contribution is -2.44. The third kappa shape index (κ3) is 6.35. The number of aryl methyl sites for hydroxylation is 1. The van der Waals surface area contributed by atoms with Crippen LogP contribution < -0.4 is 25.2 Å². The second kappa shape index (κ2) is 11.8. The molecule has 0 saturated carbocycles. The second-order valence-electron chi connectivity index (χ2n) is 8.86. The number of pyridine rings is 1. The van der Waals surface area contributed by atoms with Gasteiger partial charge in [-0.2, -0.15) is 4.39 Å². The van der Waals surface area contributed by atoms with Gasteiger partial charge in [0.25, 0.3) is 11.5 Å². The summed E-state index contributed by atoms with van der Waals surface area (Å²) < 4.78 is 23.7. The Morgan fingerprint density at radius 3 is 2.39 bits per heavy atom. The number of nitrogens with one attached hydrogen (secondary N) is 1. The van der Waals surface area contributed by atoms with Crippen molar-refractivity contribution in [3.8, 4) is 11.5 Å². The number of aromatic nitrogens is 1. The molecule has 3 aromatic rings. The number of rotatable bonds is 9. The molecule has 38 heavy (non-hydrogen) atoms. The van der Waals surface area contributed by atoms with Crippen LogP contribution in [0.15, 0.2) is 71.7 Å². The number of alkyl halides is 2. The van der Waals surface area contributed by atoms with Gasteiger partial charge in [0.05, 0.1) is 7.11 Å². The molecule has 2 amide bonds. The average Bonchev–Trinajstić information content (AvgIpc) is 3.20. The fourth-order valence-corrected chi connectivity index (χ4v) is 4.85. The topological polar surface area (TPSA) is 89.9 Å². The lowest BCUT2D eigenvalue weighted by molar-refractivity contribution is -0.118. The summed E-state index contributed by atoms with van der Waals surface area (Å²) >= 11 is 1.49. The molecule has 1 aromatic heterocycles. The summed E-state index contributed by atoms with van der Waals surface area (Å²) in [5, 5.41) is 2.86. The molecule has 1 N–H and O–H groups in total. The number of hydrogen-bond donors (Lipinski definition) is 1. The van der Waals surface area contributed by atoms with Crippen LogP contribution in [-0.4, -0.2) is 39.7 Å². The Balaban J connectivity index is 1.64. The Bertz CT molecular complexity index is 1360. The van der Waals surface area contributed by atoms with Crippen LogP contribution in [0.25, 0.3) is 0 Å². The number of hydrogen-bond acceptors (Lipinski definition) is 5. The SMILES string of the molecule is CCCn1cccc(N2C[C@@H](c3ccc(OC)cc3)[C@H](NC(=O)c3ccc(OC(F)(P)I)cc3)C2=O)c1=O. The predicted molar refractivity (Wildman–Crippen MR) is 155 cm³/mol. The number of anilines is 1. The van der Waals surface area contributed by atoms with Crippen LogP contribution in [0.5, 0.6) is 11.5 Å². The molecule has 2 aromatic carbocycles. The lowest BCUT2D eigenvalue weighted by atomic mass is 9.93. The highest BCUT2D eigenvalue weighted by molar-refractivity contribution is 14.1. The van der Waals surface area contributed by atoms with Crippen molar-refractivity contribution in [3.05, 3.63) is 88.3 Å². The first-order valence-corrected chi connectivity index (χ1v) is 13.7. The standard InChI is InChI=1S/C27H28FIN3O5P/c1-3-14-31-15-4-5-22(25(31)34)32-16-21(17-6-10-19(36-2)11-7-17)23(26(32)35)30-24(33)18-8-12-20(13-9-18)37-27(28,29)38/h4-13,15,21,23H,3,14,16,38H2,1-2H3,(H,30,33)/t21-,23-,27?/m0/s1. The predicted octanol–water partition coefficient (Wildman–Crippen LogP) is 4.47. The van der Waals surface area contributed by atoms with Crippen molar-refractivity contribution in [1.29, 1.82) is 0 Å². The van der Waals surface area contributed by atoms with Crippen LogP contribution in [-0.2, 0) is 11.3 Å². The molecular formula is C27H28FIN3O5P. The molecule has 0 aliphatic carbocycles. The van der Waals surface area contributed by atoms with Gasteiger partial charge in [0, 0.05) is 53.4 Å². The molecule has 2 heterocycles. The maximum Gasteiger partial charge on any atom is 0.309 e. The molecule has 200 valence electrons. The van der Waals surface area contributed by atoms with Crippen LogP contribution >= 0.6 is 31.8 Å². The van der Waals surface area contributed by atoms with E-state index in [2.05, 4.69) is 5.32 Å². The number of nitrogens with zero attached hydrogens (tertiary/aromatic N) is 2. The Morgan fingerprint density at radius 1 is 1.13 bits per heavy atom. The zero-order valence-electron chi connectivity index (χ0n) is 20.9. The third-order valence-electron chi connectivity index (χ3n) is 6.27. The smallest absolute Gasteiger partial charge is 0.309 e. The first kappa shape index (κ1) is 28.0. The Labute approximate surface area is 235 Å². The number of amides is 2. The van der Waals surface area contributed by atoms with Gasteiger partial charge in [0.15, 0.2) is 0 Å². The van der Waals surface area contributed by atoms with Gasteiger partial charge in [-0.05, 0) is 69.8 Å². The molecule has 0 spiro atoms. The van der Waals surface area contributed by atoms with Gasteiger partial charge in [-0.25, -0.2) is 0 Å². The van der Waals surface area contributed by atoms with E-state index in [0.29, 0.717) is 12.3 Å². The summed E-state index contributed by atoms with van der Waals surface area (Å²) in [4.78, 5) is 41.4. The molecule has 2 unspecified atom stereocenters. The summed E-state index contributed by atoms with van der Waals surface area (Å²) in [5.74, 6) is -0.348. The molecule has 0 radical (unpaired) electrons. The van der Waals surface area contributed by atoms with E-state index in [0.717, 1.165) is 12.0 Å². The van der Waals surface area contributed by atoms with Gasteiger partial charge in [-0.1, -0.05) is 19.1 Å². The highest BCUT2D eigenvalue weighted by Gasteiger charge is 2.43. The van der Waals surface area contributed by atoms with Crippen LogP contribution in [0, 0.1) is 0 Å². The Kier molecular flexibility index (Phi) is 8.72. The molecule has 1 fully saturated rings. The number of methoxy groups -OCH3 is 1. The van der Waals surface area contributed by atoms with Crippen LogP contribution in [0.2, 0.25) is 0 Å². The average molecular weight is 651 g/mol. The van der Waals surface area contributed by atoms with E-state index in [1.54, 1.807) is 42.1 Å². The van der Waals surface area contributed by atoms with E-state index in [1.165, 1.54) is 51.8 Å². The van der Waals surface area contributed by atoms with E-state index >= 15 is 0 Å².